The number of hydrogen-bond donors (Lipinski definition) is 0. The minimum absolute atomic E-state index is 0.346. The van der Waals surface area contributed by atoms with Crippen LogP contribution >= 0.6 is 0 Å². The molecule has 0 radical (unpaired) electrons. The summed E-state index contributed by atoms with van der Waals surface area (Å²) >= 11 is 0. The molecule has 0 saturated carbocycles. The van der Waals surface area contributed by atoms with Gasteiger partial charge in [0.05, 0.1) is 6.61 Å². The molecular weight excluding hydrogens is 190 g/mol. The molecule has 2 aromatic heterocycles. The molecule has 2 heterocycles. The van der Waals surface area contributed by atoms with E-state index in [0.29, 0.717) is 18.2 Å². The molecule has 0 fully saturated rings. The lowest BCUT2D eigenvalue weighted by atomic mass is 10.2. The number of nitrogens with zero attached hydrogens (tertiary/aromatic N) is 3. The van der Waals surface area contributed by atoms with Gasteiger partial charge in [0.2, 0.25) is 5.88 Å². The molecule has 15 heavy (non-hydrogen) atoms. The van der Waals surface area contributed by atoms with Crippen molar-refractivity contribution in [2.24, 2.45) is 0 Å². The van der Waals surface area contributed by atoms with Crippen molar-refractivity contribution in [2.75, 3.05) is 6.61 Å². The Bertz CT molecular complexity index is 531. The average molecular weight is 199 g/mol. The quantitative estimate of drug-likeness (QED) is 0.741. The van der Waals surface area contributed by atoms with Crippen LogP contribution in [0.4, 0.5) is 0 Å². The molecule has 2 rings (SSSR count). The van der Waals surface area contributed by atoms with Gasteiger partial charge in [-0.2, -0.15) is 5.26 Å². The lowest BCUT2D eigenvalue weighted by molar-refractivity contribution is 0.331. The number of fused-ring (bicyclic) bond motifs is 1. The van der Waals surface area contributed by atoms with E-state index in [2.05, 4.69) is 9.97 Å². The van der Waals surface area contributed by atoms with Crippen LogP contribution in [0.5, 0.6) is 5.88 Å². The maximum atomic E-state index is 8.80. The molecule has 0 N–H and O–H groups in total. The van der Waals surface area contributed by atoms with Gasteiger partial charge in [-0.1, -0.05) is 0 Å². The Kier molecular flexibility index (Phi) is 2.46. The number of aromatic nitrogens is 2. The highest BCUT2D eigenvalue weighted by molar-refractivity contribution is 5.86. The van der Waals surface area contributed by atoms with Crippen LogP contribution in [-0.2, 0) is 0 Å². The molecule has 0 aromatic carbocycles. The van der Waals surface area contributed by atoms with Gasteiger partial charge in [0.25, 0.3) is 0 Å². The van der Waals surface area contributed by atoms with E-state index in [1.807, 2.05) is 19.1 Å². The van der Waals surface area contributed by atoms with Gasteiger partial charge in [0.1, 0.15) is 11.8 Å². The second kappa shape index (κ2) is 3.93. The first kappa shape index (κ1) is 9.41. The fourth-order valence-electron chi connectivity index (χ4n) is 1.37. The lowest BCUT2D eigenvalue weighted by Gasteiger charge is -2.05. The molecule has 0 aliphatic rings. The highest BCUT2D eigenvalue weighted by Gasteiger charge is 2.05. The fourth-order valence-corrected chi connectivity index (χ4v) is 1.37. The van der Waals surface area contributed by atoms with Crippen molar-refractivity contribution in [3.05, 3.63) is 30.2 Å². The third kappa shape index (κ3) is 1.72. The molecule has 0 aliphatic heterocycles. The van der Waals surface area contributed by atoms with Gasteiger partial charge in [-0.15, -0.1) is 0 Å². The minimum atomic E-state index is 0.346. The van der Waals surface area contributed by atoms with Crippen molar-refractivity contribution >= 4 is 10.8 Å². The Morgan fingerprint density at radius 1 is 1.53 bits per heavy atom. The third-order valence-electron chi connectivity index (χ3n) is 1.99. The maximum Gasteiger partial charge on any atom is 0.222 e. The first-order chi connectivity index (χ1) is 7.35. The zero-order valence-corrected chi connectivity index (χ0v) is 8.27. The summed E-state index contributed by atoms with van der Waals surface area (Å²) < 4.78 is 5.37. The van der Waals surface area contributed by atoms with Crippen LogP contribution in [-0.4, -0.2) is 16.6 Å². The van der Waals surface area contributed by atoms with Crippen molar-refractivity contribution in [3.8, 4) is 11.9 Å². The molecule has 0 unspecified atom stereocenters. The van der Waals surface area contributed by atoms with Gasteiger partial charge in [-0.05, 0) is 19.1 Å². The van der Waals surface area contributed by atoms with Crippen LogP contribution in [0.2, 0.25) is 0 Å². The van der Waals surface area contributed by atoms with E-state index >= 15 is 0 Å². The molecule has 4 heteroatoms. The van der Waals surface area contributed by atoms with Crippen LogP contribution < -0.4 is 4.74 Å². The van der Waals surface area contributed by atoms with Gasteiger partial charge >= 0.3 is 0 Å². The van der Waals surface area contributed by atoms with Crippen molar-refractivity contribution in [1.29, 1.82) is 5.26 Å². The monoisotopic (exact) mass is 199 g/mol. The molecule has 0 spiro atoms. The minimum Gasteiger partial charge on any atom is -0.477 e. The number of ether oxygens (including phenoxy) is 1. The fraction of sp³-hybridized carbons (Fsp3) is 0.182. The first-order valence-corrected chi connectivity index (χ1v) is 4.63. The second-order valence-corrected chi connectivity index (χ2v) is 2.95. The Morgan fingerprint density at radius 2 is 2.40 bits per heavy atom. The number of nitriles is 1. The zero-order chi connectivity index (χ0) is 10.7. The highest BCUT2D eigenvalue weighted by atomic mass is 16.5. The standard InChI is InChI=1S/C11H9N3O/c1-2-15-11-10-3-4-13-7-8(10)5-9(6-12)14-11/h3-5,7H,2H2,1H3. The molecule has 0 saturated heterocycles. The number of rotatable bonds is 2. The Hall–Kier alpha value is -2.15. The summed E-state index contributed by atoms with van der Waals surface area (Å²) in [4.78, 5) is 8.09. The summed E-state index contributed by atoms with van der Waals surface area (Å²) in [6.07, 6.45) is 3.37. The van der Waals surface area contributed by atoms with Crippen LogP contribution in [0.1, 0.15) is 12.6 Å². The predicted molar refractivity (Wildman–Crippen MR) is 55.4 cm³/mol. The van der Waals surface area contributed by atoms with Crippen molar-refractivity contribution < 1.29 is 4.74 Å². The van der Waals surface area contributed by atoms with Gasteiger partial charge in [-0.25, -0.2) is 4.98 Å². The molecule has 2 aromatic rings. The Morgan fingerprint density at radius 3 is 3.13 bits per heavy atom. The van der Waals surface area contributed by atoms with E-state index < -0.39 is 0 Å². The van der Waals surface area contributed by atoms with E-state index in [4.69, 9.17) is 10.00 Å². The average Bonchev–Trinajstić information content (AvgIpc) is 2.29. The zero-order valence-electron chi connectivity index (χ0n) is 8.27. The summed E-state index contributed by atoms with van der Waals surface area (Å²) in [5.74, 6) is 0.494. The van der Waals surface area contributed by atoms with E-state index in [9.17, 15) is 0 Å². The van der Waals surface area contributed by atoms with E-state index in [0.717, 1.165) is 10.8 Å². The summed E-state index contributed by atoms with van der Waals surface area (Å²) in [5, 5.41) is 10.5. The number of pyridine rings is 2. The van der Waals surface area contributed by atoms with Crippen molar-refractivity contribution in [2.45, 2.75) is 6.92 Å². The lowest BCUT2D eigenvalue weighted by Crippen LogP contribution is -1.97. The molecule has 74 valence electrons. The topological polar surface area (TPSA) is 58.8 Å². The van der Waals surface area contributed by atoms with E-state index in [1.54, 1.807) is 18.5 Å². The molecule has 0 bridgehead atoms. The van der Waals surface area contributed by atoms with Crippen LogP contribution in [0.25, 0.3) is 10.8 Å². The van der Waals surface area contributed by atoms with Crippen LogP contribution in [0, 0.1) is 11.3 Å². The Balaban J connectivity index is 2.70. The third-order valence-corrected chi connectivity index (χ3v) is 1.99. The predicted octanol–water partition coefficient (Wildman–Crippen LogP) is 1.90. The highest BCUT2D eigenvalue weighted by Crippen LogP contribution is 2.23. The molecule has 4 nitrogen and oxygen atoms in total. The molecular formula is C11H9N3O. The van der Waals surface area contributed by atoms with E-state index in [1.165, 1.54) is 0 Å². The summed E-state index contributed by atoms with van der Waals surface area (Å²) in [6.45, 7) is 2.41. The smallest absolute Gasteiger partial charge is 0.222 e. The molecule has 0 atom stereocenters. The SMILES string of the molecule is CCOc1nc(C#N)cc2cnccc12. The summed E-state index contributed by atoms with van der Waals surface area (Å²) in [5.41, 5.74) is 0.346. The van der Waals surface area contributed by atoms with Gasteiger partial charge in [-0.3, -0.25) is 4.98 Å². The Labute approximate surface area is 87.2 Å². The van der Waals surface area contributed by atoms with E-state index in [-0.39, 0.29) is 0 Å². The van der Waals surface area contributed by atoms with Gasteiger partial charge < -0.3 is 4.74 Å². The first-order valence-electron chi connectivity index (χ1n) is 4.63. The van der Waals surface area contributed by atoms with Crippen molar-refractivity contribution in [1.82, 2.24) is 9.97 Å². The summed E-state index contributed by atoms with van der Waals surface area (Å²) in [7, 11) is 0. The van der Waals surface area contributed by atoms with Crippen LogP contribution in [0.3, 0.4) is 0 Å². The van der Waals surface area contributed by atoms with Gasteiger partial charge in [0, 0.05) is 23.2 Å². The van der Waals surface area contributed by atoms with Crippen LogP contribution in [0.15, 0.2) is 24.5 Å². The second-order valence-electron chi connectivity index (χ2n) is 2.95. The molecule has 0 aliphatic carbocycles. The molecule has 0 amide bonds. The maximum absolute atomic E-state index is 8.80. The summed E-state index contributed by atoms with van der Waals surface area (Å²) in [6, 6.07) is 5.53. The normalized spacial score (nSPS) is 9.87. The van der Waals surface area contributed by atoms with Gasteiger partial charge in [0.15, 0.2) is 0 Å². The van der Waals surface area contributed by atoms with Crippen molar-refractivity contribution in [3.63, 3.8) is 0 Å². The number of hydrogen-bond acceptors (Lipinski definition) is 4. The largest absolute Gasteiger partial charge is 0.477 e.